The summed E-state index contributed by atoms with van der Waals surface area (Å²) in [4.78, 5) is 0. The van der Waals surface area contributed by atoms with E-state index in [4.69, 9.17) is 9.47 Å². The molecular weight excluding hydrogens is 717 g/mol. The molecule has 6 aromatic carbocycles. The first-order valence-electron chi connectivity index (χ1n) is 17.1. The lowest BCUT2D eigenvalue weighted by molar-refractivity contribution is -0.00100. The van der Waals surface area contributed by atoms with Gasteiger partial charge in [-0.1, -0.05) is 109 Å². The van der Waals surface area contributed by atoms with Gasteiger partial charge in [-0.2, -0.15) is 0 Å². The molecule has 0 saturated heterocycles. The number of allylic oxidation sites excluding steroid dienone is 1. The fraction of sp³-hybridized carbons (Fsp3) is 0.130. The molecule has 264 valence electrons. The van der Waals surface area contributed by atoms with Crippen LogP contribution in [-0.4, -0.2) is 25.0 Å². The molecule has 0 amide bonds. The van der Waals surface area contributed by atoms with Gasteiger partial charge in [-0.15, -0.1) is 0 Å². The van der Waals surface area contributed by atoms with E-state index in [1.165, 1.54) is 31.8 Å². The molecule has 0 aliphatic heterocycles. The maximum atomic E-state index is 6.96. The van der Waals surface area contributed by atoms with E-state index in [1.54, 1.807) is 0 Å². The van der Waals surface area contributed by atoms with Gasteiger partial charge in [0.2, 0.25) is 0 Å². The highest BCUT2D eigenvalue weighted by Crippen LogP contribution is 2.74. The monoisotopic (exact) mass is 760 g/mol. The zero-order chi connectivity index (χ0) is 34.7. The Bertz CT molecular complexity index is 1900. The fourth-order valence-corrected chi connectivity index (χ4v) is 18.1. The predicted octanol–water partition coefficient (Wildman–Crippen LogP) is 2.57. The van der Waals surface area contributed by atoms with Crippen molar-refractivity contribution in [2.75, 3.05) is 14.2 Å². The van der Waals surface area contributed by atoms with Gasteiger partial charge in [0.05, 0.1) is 7.11 Å². The lowest BCUT2D eigenvalue weighted by Crippen LogP contribution is -3.00. The smallest absolute Gasteiger partial charge is 0.162 e. The number of rotatable bonds is 10. The average Bonchev–Trinajstić information content (AvgIpc) is 3.19. The molecule has 6 heteroatoms. The van der Waals surface area contributed by atoms with Gasteiger partial charge in [0.25, 0.3) is 0 Å². The van der Waals surface area contributed by atoms with E-state index in [2.05, 4.69) is 208 Å². The van der Waals surface area contributed by atoms with E-state index in [0.717, 1.165) is 11.1 Å². The summed E-state index contributed by atoms with van der Waals surface area (Å²) >= 11 is 0. The van der Waals surface area contributed by atoms with Crippen LogP contribution in [0.4, 0.5) is 0 Å². The maximum absolute atomic E-state index is 6.96. The molecule has 0 saturated carbocycles. The molecule has 2 nitrogen and oxygen atoms in total. The zero-order valence-electron chi connectivity index (χ0n) is 29.9. The SMILES string of the molecule is COC1=CC(C)([P+](c2ccccc2)(c2ccccc2)c2ccccc2)C(C)(OC)C=C1[P+](c1ccccc1)(c1ccccc1)c1ccccc1.[Cl-].[Cl-]. The van der Waals surface area contributed by atoms with Crippen LogP contribution in [0.1, 0.15) is 13.8 Å². The molecule has 0 heterocycles. The first-order chi connectivity index (χ1) is 24.5. The van der Waals surface area contributed by atoms with Crippen molar-refractivity contribution in [2.24, 2.45) is 0 Å². The molecule has 0 fully saturated rings. The summed E-state index contributed by atoms with van der Waals surface area (Å²) in [7, 11) is -1.35. The summed E-state index contributed by atoms with van der Waals surface area (Å²) in [6, 6.07) is 66.2. The first-order valence-corrected chi connectivity index (χ1v) is 20.7. The molecule has 6 aromatic rings. The Morgan fingerprint density at radius 3 is 0.962 bits per heavy atom. The quantitative estimate of drug-likeness (QED) is 0.200. The van der Waals surface area contributed by atoms with Crippen LogP contribution in [0.15, 0.2) is 205 Å². The second-order valence-electron chi connectivity index (χ2n) is 13.1. The molecule has 1 aliphatic rings. The molecule has 0 bridgehead atoms. The van der Waals surface area contributed by atoms with Gasteiger partial charge < -0.3 is 34.3 Å². The van der Waals surface area contributed by atoms with Gasteiger partial charge in [-0.3, -0.25) is 0 Å². The summed E-state index contributed by atoms with van der Waals surface area (Å²) in [5, 5.41) is 8.26. The minimum atomic E-state index is -2.54. The fourth-order valence-electron chi connectivity index (χ4n) is 8.10. The Balaban J connectivity index is 0.00000261. The second-order valence-corrected chi connectivity index (χ2v) is 20.2. The lowest BCUT2D eigenvalue weighted by atomic mass is 9.84. The number of benzene rings is 6. The van der Waals surface area contributed by atoms with Gasteiger partial charge >= 0.3 is 0 Å². The Morgan fingerprint density at radius 1 is 0.404 bits per heavy atom. The predicted molar refractivity (Wildman–Crippen MR) is 217 cm³/mol. The summed E-state index contributed by atoms with van der Waals surface area (Å²) < 4.78 is 13.7. The van der Waals surface area contributed by atoms with Gasteiger partial charge in [-0.05, 0) is 92.7 Å². The third kappa shape index (κ3) is 6.16. The third-order valence-electron chi connectivity index (χ3n) is 10.6. The van der Waals surface area contributed by atoms with E-state index in [0.29, 0.717) is 0 Å². The number of ether oxygens (including phenoxy) is 2. The van der Waals surface area contributed by atoms with Crippen molar-refractivity contribution in [3.8, 4) is 0 Å². The minimum absolute atomic E-state index is 0. The maximum Gasteiger partial charge on any atom is 0.162 e. The average molecular weight is 762 g/mol. The van der Waals surface area contributed by atoms with Crippen LogP contribution in [0.3, 0.4) is 0 Å². The van der Waals surface area contributed by atoms with Crippen molar-refractivity contribution >= 4 is 46.4 Å². The third-order valence-corrected chi connectivity index (χ3v) is 20.1. The van der Waals surface area contributed by atoms with Gasteiger partial charge in [0.1, 0.15) is 57.1 Å². The molecule has 2 unspecified atom stereocenters. The Morgan fingerprint density at radius 2 is 0.692 bits per heavy atom. The molecule has 52 heavy (non-hydrogen) atoms. The summed E-state index contributed by atoms with van der Waals surface area (Å²) in [6.45, 7) is 4.69. The Labute approximate surface area is 323 Å². The van der Waals surface area contributed by atoms with Crippen LogP contribution in [0.5, 0.6) is 0 Å². The van der Waals surface area contributed by atoms with Crippen molar-refractivity contribution in [1.29, 1.82) is 0 Å². The van der Waals surface area contributed by atoms with Crippen LogP contribution in [0.2, 0.25) is 0 Å². The van der Waals surface area contributed by atoms with E-state index in [-0.39, 0.29) is 24.8 Å². The molecule has 2 atom stereocenters. The van der Waals surface area contributed by atoms with Gasteiger partial charge in [-0.25, -0.2) is 0 Å². The van der Waals surface area contributed by atoms with E-state index < -0.39 is 25.3 Å². The Hall–Kier alpha value is -4.00. The molecule has 0 aromatic heterocycles. The van der Waals surface area contributed by atoms with Crippen LogP contribution < -0.4 is 56.6 Å². The van der Waals surface area contributed by atoms with Crippen LogP contribution >= 0.6 is 14.5 Å². The molecule has 1 aliphatic carbocycles. The van der Waals surface area contributed by atoms with Crippen LogP contribution in [0.25, 0.3) is 0 Å². The number of halogens is 2. The van der Waals surface area contributed by atoms with Gasteiger partial charge in [0.15, 0.2) is 11.1 Å². The number of hydrogen-bond acceptors (Lipinski definition) is 2. The highest BCUT2D eigenvalue weighted by Gasteiger charge is 2.70. The molecule has 0 N–H and O–H groups in total. The van der Waals surface area contributed by atoms with Crippen molar-refractivity contribution in [3.63, 3.8) is 0 Å². The zero-order valence-corrected chi connectivity index (χ0v) is 33.2. The molecular formula is C46H44Cl2O2P2. The normalized spacial score (nSPS) is 18.5. The second kappa shape index (κ2) is 16.3. The Kier molecular flexibility index (Phi) is 12.3. The first kappa shape index (κ1) is 39.2. The number of hydrogen-bond donors (Lipinski definition) is 0. The topological polar surface area (TPSA) is 18.5 Å². The van der Waals surface area contributed by atoms with Crippen molar-refractivity contribution in [3.05, 3.63) is 205 Å². The molecule has 0 spiro atoms. The van der Waals surface area contributed by atoms with Crippen LogP contribution in [0, 0.1) is 0 Å². The highest BCUT2D eigenvalue weighted by molar-refractivity contribution is 7.99. The lowest BCUT2D eigenvalue weighted by Gasteiger charge is -2.51. The summed E-state index contributed by atoms with van der Waals surface area (Å²) in [6.07, 6.45) is 4.88. The highest BCUT2D eigenvalue weighted by atomic mass is 35.5. The van der Waals surface area contributed by atoms with E-state index in [9.17, 15) is 0 Å². The van der Waals surface area contributed by atoms with Crippen molar-refractivity contribution in [1.82, 2.24) is 0 Å². The van der Waals surface area contributed by atoms with E-state index >= 15 is 0 Å². The van der Waals surface area contributed by atoms with Crippen molar-refractivity contribution < 1.29 is 34.3 Å². The van der Waals surface area contributed by atoms with Gasteiger partial charge in [0, 0.05) is 13.2 Å². The summed E-state index contributed by atoms with van der Waals surface area (Å²) in [5.74, 6) is 0.888. The van der Waals surface area contributed by atoms with Crippen LogP contribution in [-0.2, 0) is 9.47 Å². The van der Waals surface area contributed by atoms with Crippen molar-refractivity contribution in [2.45, 2.75) is 24.6 Å². The largest absolute Gasteiger partial charge is 1.00 e. The van der Waals surface area contributed by atoms with E-state index in [1.807, 2.05) is 14.2 Å². The number of methoxy groups -OCH3 is 2. The standard InChI is InChI=1S/C46H44O2P2.2ClH/c1-45(48-4)36-44(49(37-23-11-5-12-24-37,38-25-13-6-14-26-38)39-27-15-7-16-28-39)43(47-3)35-46(45,2)50(40-29-17-8-18-30-40,41-31-19-9-20-32-41)42-33-21-10-22-34-42;;/h5-36H,1-4H3;2*1H/q+2;;/p-2. The molecule has 0 radical (unpaired) electrons. The minimum Gasteiger partial charge on any atom is -1.00 e. The summed E-state index contributed by atoms with van der Waals surface area (Å²) in [5.41, 5.74) is -0.775. The molecule has 7 rings (SSSR count).